The van der Waals surface area contributed by atoms with E-state index in [4.69, 9.17) is 4.74 Å². The Morgan fingerprint density at radius 3 is 2.33 bits per heavy atom. The first kappa shape index (κ1) is 18.7. The number of hydrogen-bond donors (Lipinski definition) is 1. The summed E-state index contributed by atoms with van der Waals surface area (Å²) in [7, 11) is -1.49. The second-order valence-corrected chi connectivity index (χ2v) is 7.86. The van der Waals surface area contributed by atoms with Gasteiger partial charge in [-0.25, -0.2) is 8.42 Å². The number of methoxy groups -OCH3 is 1. The molecule has 1 aromatic carbocycles. The molecule has 1 aliphatic rings. The van der Waals surface area contributed by atoms with Crippen LogP contribution >= 0.6 is 0 Å². The molecule has 1 amide bonds. The fourth-order valence-corrected chi connectivity index (χ4v) is 3.40. The van der Waals surface area contributed by atoms with Gasteiger partial charge in [0, 0.05) is 45.7 Å². The van der Waals surface area contributed by atoms with Crippen molar-refractivity contribution >= 4 is 15.9 Å². The maximum Gasteiger partial charge on any atom is 0.221 e. The quantitative estimate of drug-likeness (QED) is 0.760. The highest BCUT2D eigenvalue weighted by Gasteiger charge is 2.23. The van der Waals surface area contributed by atoms with Gasteiger partial charge in [-0.1, -0.05) is 12.1 Å². The molecule has 1 aliphatic heterocycles. The van der Waals surface area contributed by atoms with Gasteiger partial charge in [0.25, 0.3) is 0 Å². The van der Waals surface area contributed by atoms with Gasteiger partial charge >= 0.3 is 0 Å². The third-order valence-electron chi connectivity index (χ3n) is 4.10. The molecular formula is C16H25N3O4S. The fourth-order valence-electron chi connectivity index (χ4n) is 2.58. The van der Waals surface area contributed by atoms with Crippen molar-refractivity contribution in [2.24, 2.45) is 0 Å². The lowest BCUT2D eigenvalue weighted by Gasteiger charge is -2.33. The van der Waals surface area contributed by atoms with Crippen LogP contribution in [0.5, 0.6) is 5.75 Å². The summed E-state index contributed by atoms with van der Waals surface area (Å²) in [4.78, 5) is 14.1. The summed E-state index contributed by atoms with van der Waals surface area (Å²) in [5.41, 5.74) is 1.02. The van der Waals surface area contributed by atoms with Crippen LogP contribution < -0.4 is 10.1 Å². The van der Waals surface area contributed by atoms with Crippen molar-refractivity contribution in [3.05, 3.63) is 29.8 Å². The average molecular weight is 355 g/mol. The summed E-state index contributed by atoms with van der Waals surface area (Å²) in [5, 5.41) is 2.90. The summed E-state index contributed by atoms with van der Waals surface area (Å²) < 4.78 is 29.5. The maximum absolute atomic E-state index is 11.9. The first-order valence-corrected chi connectivity index (χ1v) is 9.80. The van der Waals surface area contributed by atoms with Crippen molar-refractivity contribution in [1.29, 1.82) is 0 Å². The van der Waals surface area contributed by atoms with Crippen LogP contribution in [0.1, 0.15) is 12.0 Å². The number of carbonyl (C=O) groups excluding carboxylic acids is 1. The third-order valence-corrected chi connectivity index (χ3v) is 5.41. The number of nitrogens with one attached hydrogen (secondary N) is 1. The van der Waals surface area contributed by atoms with Crippen LogP contribution in [-0.2, 0) is 21.4 Å². The summed E-state index contributed by atoms with van der Waals surface area (Å²) in [5.74, 6) is 0.787. The zero-order chi connectivity index (χ0) is 17.6. The van der Waals surface area contributed by atoms with Crippen molar-refractivity contribution in [3.8, 4) is 5.75 Å². The third kappa shape index (κ3) is 5.77. The normalized spacial score (nSPS) is 16.8. The van der Waals surface area contributed by atoms with Crippen LogP contribution in [-0.4, -0.2) is 69.6 Å². The first-order chi connectivity index (χ1) is 11.4. The summed E-state index contributed by atoms with van der Waals surface area (Å²) >= 11 is 0. The molecule has 7 nitrogen and oxygen atoms in total. The molecule has 0 spiro atoms. The van der Waals surface area contributed by atoms with Crippen LogP contribution in [0.2, 0.25) is 0 Å². The lowest BCUT2D eigenvalue weighted by Crippen LogP contribution is -2.48. The molecule has 1 fully saturated rings. The Morgan fingerprint density at radius 1 is 1.17 bits per heavy atom. The van der Waals surface area contributed by atoms with Crippen molar-refractivity contribution in [2.45, 2.75) is 13.0 Å². The molecule has 0 aromatic heterocycles. The lowest BCUT2D eigenvalue weighted by atomic mass is 10.2. The van der Waals surface area contributed by atoms with E-state index in [0.29, 0.717) is 45.7 Å². The molecule has 0 bridgehead atoms. The van der Waals surface area contributed by atoms with Crippen LogP contribution in [0.4, 0.5) is 0 Å². The summed E-state index contributed by atoms with van der Waals surface area (Å²) in [6.07, 6.45) is 1.64. The standard InChI is InChI=1S/C16H25N3O4S/c1-23-15-5-3-14(4-6-15)13-17-16(20)7-8-18-9-11-19(12-10-18)24(2,21)22/h3-6H,7-13H2,1-2H3,(H,17,20). The number of sulfonamides is 1. The lowest BCUT2D eigenvalue weighted by molar-refractivity contribution is -0.121. The zero-order valence-electron chi connectivity index (χ0n) is 14.2. The second kappa shape index (κ2) is 8.46. The Morgan fingerprint density at radius 2 is 1.79 bits per heavy atom. The monoisotopic (exact) mass is 355 g/mol. The average Bonchev–Trinajstić information content (AvgIpc) is 2.58. The Bertz CT molecular complexity index is 638. The van der Waals surface area contributed by atoms with E-state index in [2.05, 4.69) is 10.2 Å². The molecule has 8 heteroatoms. The van der Waals surface area contributed by atoms with E-state index in [1.165, 1.54) is 10.6 Å². The number of amides is 1. The van der Waals surface area contributed by atoms with Crippen LogP contribution in [0.3, 0.4) is 0 Å². The SMILES string of the molecule is COc1ccc(CNC(=O)CCN2CCN(S(C)(=O)=O)CC2)cc1. The van der Waals surface area contributed by atoms with Gasteiger partial charge in [-0.05, 0) is 17.7 Å². The van der Waals surface area contributed by atoms with Crippen molar-refractivity contribution in [2.75, 3.05) is 46.1 Å². The number of nitrogens with zero attached hydrogens (tertiary/aromatic N) is 2. The van der Waals surface area contributed by atoms with Crippen molar-refractivity contribution in [3.63, 3.8) is 0 Å². The van der Waals surface area contributed by atoms with Gasteiger partial charge in [-0.15, -0.1) is 0 Å². The van der Waals surface area contributed by atoms with E-state index in [9.17, 15) is 13.2 Å². The predicted octanol–water partition coefficient (Wildman–Crippen LogP) is 0.279. The first-order valence-electron chi connectivity index (χ1n) is 7.95. The second-order valence-electron chi connectivity index (χ2n) is 5.88. The van der Waals surface area contributed by atoms with E-state index >= 15 is 0 Å². The molecule has 1 heterocycles. The molecule has 0 aliphatic carbocycles. The number of hydrogen-bond acceptors (Lipinski definition) is 5. The van der Waals surface area contributed by atoms with E-state index in [0.717, 1.165) is 11.3 Å². The molecule has 134 valence electrons. The van der Waals surface area contributed by atoms with Crippen LogP contribution in [0.25, 0.3) is 0 Å². The minimum atomic E-state index is -3.11. The molecule has 1 saturated heterocycles. The van der Waals surface area contributed by atoms with Gasteiger partial charge in [0.2, 0.25) is 15.9 Å². The van der Waals surface area contributed by atoms with E-state index in [-0.39, 0.29) is 5.91 Å². The number of benzene rings is 1. The Labute approximate surface area is 143 Å². The van der Waals surface area contributed by atoms with E-state index in [1.807, 2.05) is 24.3 Å². The van der Waals surface area contributed by atoms with Crippen molar-refractivity contribution in [1.82, 2.24) is 14.5 Å². The molecule has 24 heavy (non-hydrogen) atoms. The van der Waals surface area contributed by atoms with Crippen molar-refractivity contribution < 1.29 is 17.9 Å². The molecule has 1 aromatic rings. The number of rotatable bonds is 7. The molecule has 2 rings (SSSR count). The van der Waals surface area contributed by atoms with E-state index in [1.54, 1.807) is 7.11 Å². The van der Waals surface area contributed by atoms with Gasteiger partial charge in [0.1, 0.15) is 5.75 Å². The molecule has 1 N–H and O–H groups in total. The topological polar surface area (TPSA) is 79.0 Å². The number of piperazine rings is 1. The highest BCUT2D eigenvalue weighted by Crippen LogP contribution is 2.11. The molecular weight excluding hydrogens is 330 g/mol. The van der Waals surface area contributed by atoms with Gasteiger partial charge in [0.05, 0.1) is 13.4 Å². The van der Waals surface area contributed by atoms with Gasteiger partial charge in [-0.2, -0.15) is 4.31 Å². The molecule has 0 unspecified atom stereocenters. The highest BCUT2D eigenvalue weighted by molar-refractivity contribution is 7.88. The molecule has 0 radical (unpaired) electrons. The highest BCUT2D eigenvalue weighted by atomic mass is 32.2. The largest absolute Gasteiger partial charge is 0.497 e. The summed E-state index contributed by atoms with van der Waals surface area (Å²) in [6, 6.07) is 7.57. The molecule has 0 atom stereocenters. The van der Waals surface area contributed by atoms with E-state index < -0.39 is 10.0 Å². The number of carbonyl (C=O) groups is 1. The Kier molecular flexibility index (Phi) is 6.59. The Balaban J connectivity index is 1.66. The summed E-state index contributed by atoms with van der Waals surface area (Å²) in [6.45, 7) is 3.45. The minimum Gasteiger partial charge on any atom is -0.497 e. The zero-order valence-corrected chi connectivity index (χ0v) is 15.0. The minimum absolute atomic E-state index is 0.00337. The van der Waals surface area contributed by atoms with Crippen LogP contribution in [0.15, 0.2) is 24.3 Å². The fraction of sp³-hybridized carbons (Fsp3) is 0.562. The number of ether oxygens (including phenoxy) is 1. The smallest absolute Gasteiger partial charge is 0.221 e. The van der Waals surface area contributed by atoms with Gasteiger partial charge < -0.3 is 15.0 Å². The molecule has 0 saturated carbocycles. The van der Waals surface area contributed by atoms with Gasteiger partial charge in [-0.3, -0.25) is 4.79 Å². The predicted molar refractivity (Wildman–Crippen MR) is 92.3 cm³/mol. The maximum atomic E-state index is 11.9. The van der Waals surface area contributed by atoms with Gasteiger partial charge in [0.15, 0.2) is 0 Å². The van der Waals surface area contributed by atoms with Crippen LogP contribution in [0, 0.1) is 0 Å². The Hall–Kier alpha value is -1.64.